The van der Waals surface area contributed by atoms with Gasteiger partial charge in [-0.25, -0.2) is 4.39 Å². The highest BCUT2D eigenvalue weighted by atomic mass is 32.3. The zero-order valence-electron chi connectivity index (χ0n) is 20.4. The molecule has 1 saturated heterocycles. The molecule has 1 aromatic carbocycles. The van der Waals surface area contributed by atoms with Crippen molar-refractivity contribution in [1.29, 1.82) is 0 Å². The topological polar surface area (TPSA) is 96.6 Å². The van der Waals surface area contributed by atoms with Crippen molar-refractivity contribution in [3.05, 3.63) is 35.3 Å². The predicted molar refractivity (Wildman–Crippen MR) is 133 cm³/mol. The van der Waals surface area contributed by atoms with Gasteiger partial charge in [0, 0.05) is 52.2 Å². The largest absolute Gasteiger partial charge is 0.494 e. The minimum absolute atomic E-state index is 0.00545. The Morgan fingerprint density at radius 2 is 2.06 bits per heavy atom. The maximum absolute atomic E-state index is 14.8. The Hall–Kier alpha value is -2.10. The molecule has 0 spiro atoms. The molecular weight excluding hydrogens is 457 g/mol. The van der Waals surface area contributed by atoms with Crippen molar-refractivity contribution in [2.45, 2.75) is 71.4 Å². The Morgan fingerprint density at radius 1 is 1.35 bits per heavy atom. The first kappa shape index (κ1) is 25.0. The van der Waals surface area contributed by atoms with Crippen molar-refractivity contribution in [1.82, 2.24) is 15.1 Å². The first-order chi connectivity index (χ1) is 16.0. The van der Waals surface area contributed by atoms with Gasteiger partial charge in [0.05, 0.1) is 12.3 Å². The molecule has 0 bridgehead atoms. The van der Waals surface area contributed by atoms with Crippen molar-refractivity contribution in [2.75, 3.05) is 18.1 Å². The summed E-state index contributed by atoms with van der Waals surface area (Å²) in [6.07, 6.45) is 2.97. The van der Waals surface area contributed by atoms with E-state index >= 15 is 0 Å². The van der Waals surface area contributed by atoms with Crippen LogP contribution in [-0.2, 0) is 17.6 Å². The number of amides is 1. The standard InChI is InChI=1S/C25H36FN3O4S/c1-5-33-18-7-9-21(26)20(15-18)23-19-8-6-17(14-22(19)29(28-23)16(2)3)24(30)27-25(4)10-12-34(31,32)13-11-25/h7,9,15-17,31-32H,5-6,8,10-14H2,1-4H3,(H,27,30). The Morgan fingerprint density at radius 3 is 2.71 bits per heavy atom. The van der Waals surface area contributed by atoms with Gasteiger partial charge in [-0.15, -0.1) is 0 Å². The number of benzene rings is 1. The highest BCUT2D eigenvalue weighted by Gasteiger charge is 2.38. The SMILES string of the molecule is CCOc1ccc(F)c(-c2nn(C(C)C)c3c2CCC(C(=O)NC2(C)CCS(O)(O)CC2)C3)c1. The molecule has 9 heteroatoms. The van der Waals surface area contributed by atoms with E-state index in [9.17, 15) is 18.3 Å². The summed E-state index contributed by atoms with van der Waals surface area (Å²) < 4.78 is 42.2. The van der Waals surface area contributed by atoms with Gasteiger partial charge < -0.3 is 10.1 Å². The summed E-state index contributed by atoms with van der Waals surface area (Å²) in [5.74, 6) is 0.721. The molecule has 7 nitrogen and oxygen atoms in total. The predicted octanol–water partition coefficient (Wildman–Crippen LogP) is 5.19. The molecule has 2 aliphatic rings. The van der Waals surface area contributed by atoms with Crippen molar-refractivity contribution in [3.63, 3.8) is 0 Å². The number of fused-ring (bicyclic) bond motifs is 1. The van der Waals surface area contributed by atoms with E-state index in [0.717, 1.165) is 11.3 Å². The first-order valence-corrected chi connectivity index (χ1v) is 14.0. The number of carbonyl (C=O) groups excluding carboxylic acids is 1. The second-order valence-electron chi connectivity index (χ2n) is 10.1. The second-order valence-corrected chi connectivity index (χ2v) is 12.5. The smallest absolute Gasteiger partial charge is 0.223 e. The molecule has 1 aliphatic carbocycles. The van der Waals surface area contributed by atoms with Gasteiger partial charge in [-0.3, -0.25) is 18.6 Å². The van der Waals surface area contributed by atoms with E-state index in [4.69, 9.17) is 9.84 Å². The summed E-state index contributed by atoms with van der Waals surface area (Å²) in [4.78, 5) is 13.2. The minimum Gasteiger partial charge on any atom is -0.494 e. The highest BCUT2D eigenvalue weighted by Crippen LogP contribution is 2.47. The van der Waals surface area contributed by atoms with Crippen LogP contribution in [0.15, 0.2) is 18.2 Å². The monoisotopic (exact) mass is 493 g/mol. The molecule has 0 radical (unpaired) electrons. The average molecular weight is 494 g/mol. The number of carbonyl (C=O) groups is 1. The van der Waals surface area contributed by atoms with E-state index in [-0.39, 0.29) is 23.7 Å². The number of hydrogen-bond acceptors (Lipinski definition) is 5. The van der Waals surface area contributed by atoms with Crippen LogP contribution in [0.1, 0.15) is 64.3 Å². The Balaban J connectivity index is 1.58. The summed E-state index contributed by atoms with van der Waals surface area (Å²) in [7, 11) is -2.51. The summed E-state index contributed by atoms with van der Waals surface area (Å²) in [5, 5.41) is 8.00. The molecule has 0 saturated carbocycles. The van der Waals surface area contributed by atoms with Crippen molar-refractivity contribution >= 4 is 16.5 Å². The summed E-state index contributed by atoms with van der Waals surface area (Å²) >= 11 is 0. The highest BCUT2D eigenvalue weighted by molar-refractivity contribution is 8.24. The maximum Gasteiger partial charge on any atom is 0.223 e. The summed E-state index contributed by atoms with van der Waals surface area (Å²) in [5.41, 5.74) is 2.62. The van der Waals surface area contributed by atoms with Crippen LogP contribution in [0.4, 0.5) is 4.39 Å². The third-order valence-electron chi connectivity index (χ3n) is 7.05. The molecule has 2 aromatic rings. The van der Waals surface area contributed by atoms with E-state index in [1.165, 1.54) is 6.07 Å². The molecule has 1 amide bonds. The number of ether oxygens (including phenoxy) is 1. The van der Waals surface area contributed by atoms with E-state index in [1.54, 1.807) is 12.1 Å². The normalized spacial score (nSPS) is 22.2. The number of halogens is 1. The molecular formula is C25H36FN3O4S. The number of hydrogen-bond donors (Lipinski definition) is 3. The van der Waals surface area contributed by atoms with Crippen LogP contribution in [0, 0.1) is 11.7 Å². The molecule has 1 fully saturated rings. The van der Waals surface area contributed by atoms with Gasteiger partial charge in [-0.2, -0.15) is 15.7 Å². The Kier molecular flexibility index (Phi) is 6.99. The second kappa shape index (κ2) is 9.51. The van der Waals surface area contributed by atoms with Gasteiger partial charge in [0.2, 0.25) is 5.91 Å². The lowest BCUT2D eigenvalue weighted by molar-refractivity contribution is -0.127. The van der Waals surface area contributed by atoms with Crippen LogP contribution in [0.5, 0.6) is 5.75 Å². The van der Waals surface area contributed by atoms with Crippen LogP contribution in [0.3, 0.4) is 0 Å². The Labute approximate surface area is 202 Å². The van der Waals surface area contributed by atoms with Crippen LogP contribution < -0.4 is 10.1 Å². The quantitative estimate of drug-likeness (QED) is 0.514. The third-order valence-corrected chi connectivity index (χ3v) is 8.77. The van der Waals surface area contributed by atoms with E-state index in [2.05, 4.69) is 5.32 Å². The molecule has 3 N–H and O–H groups in total. The number of nitrogens with one attached hydrogen (secondary N) is 1. The third kappa shape index (κ3) is 5.11. The van der Waals surface area contributed by atoms with Crippen molar-refractivity contribution in [2.24, 2.45) is 5.92 Å². The van der Waals surface area contributed by atoms with Gasteiger partial charge in [-0.05, 0) is 71.6 Å². The fraction of sp³-hybridized carbons (Fsp3) is 0.600. The molecule has 1 atom stereocenters. The fourth-order valence-corrected chi connectivity index (χ4v) is 6.73. The van der Waals surface area contributed by atoms with Gasteiger partial charge in [-0.1, -0.05) is 0 Å². The number of aromatic nitrogens is 2. The maximum atomic E-state index is 14.8. The van der Waals surface area contributed by atoms with E-state index < -0.39 is 16.1 Å². The fourth-order valence-electron chi connectivity index (χ4n) is 4.98. The van der Waals surface area contributed by atoms with Gasteiger partial charge >= 0.3 is 0 Å². The van der Waals surface area contributed by atoms with Gasteiger partial charge in [0.15, 0.2) is 0 Å². The van der Waals surface area contributed by atoms with E-state index in [1.807, 2.05) is 32.4 Å². The summed E-state index contributed by atoms with van der Waals surface area (Å²) in [6, 6.07) is 4.82. The van der Waals surface area contributed by atoms with Gasteiger partial charge in [0.25, 0.3) is 0 Å². The first-order valence-electron chi connectivity index (χ1n) is 12.1. The van der Waals surface area contributed by atoms with Crippen LogP contribution in [0.2, 0.25) is 0 Å². The molecule has 1 unspecified atom stereocenters. The lowest BCUT2D eigenvalue weighted by Gasteiger charge is -2.45. The van der Waals surface area contributed by atoms with E-state index in [0.29, 0.717) is 67.2 Å². The zero-order valence-corrected chi connectivity index (χ0v) is 21.3. The summed E-state index contributed by atoms with van der Waals surface area (Å²) in [6.45, 7) is 8.45. The number of nitrogens with zero attached hydrogens (tertiary/aromatic N) is 2. The van der Waals surface area contributed by atoms with Crippen LogP contribution in [-0.4, -0.2) is 48.4 Å². The lowest BCUT2D eigenvalue weighted by atomic mass is 9.84. The lowest BCUT2D eigenvalue weighted by Crippen LogP contribution is -2.52. The molecule has 1 aliphatic heterocycles. The molecule has 34 heavy (non-hydrogen) atoms. The molecule has 1 aromatic heterocycles. The van der Waals surface area contributed by atoms with Crippen LogP contribution >= 0.6 is 10.6 Å². The number of rotatable bonds is 6. The van der Waals surface area contributed by atoms with Gasteiger partial charge in [0.1, 0.15) is 11.6 Å². The molecule has 2 heterocycles. The molecule has 4 rings (SSSR count). The Bertz CT molecular complexity index is 1060. The zero-order chi connectivity index (χ0) is 24.7. The minimum atomic E-state index is -2.51. The van der Waals surface area contributed by atoms with Crippen molar-refractivity contribution < 1.29 is 23.0 Å². The van der Waals surface area contributed by atoms with Crippen molar-refractivity contribution in [3.8, 4) is 17.0 Å². The average Bonchev–Trinajstić information content (AvgIpc) is 3.17. The molecule has 188 valence electrons. The van der Waals surface area contributed by atoms with Crippen LogP contribution in [0.25, 0.3) is 11.3 Å².